The van der Waals surface area contributed by atoms with Gasteiger partial charge < -0.3 is 10.4 Å². The molecule has 0 aliphatic heterocycles. The Morgan fingerprint density at radius 3 is 2.36 bits per heavy atom. The van der Waals surface area contributed by atoms with Gasteiger partial charge in [-0.2, -0.15) is 0 Å². The second-order valence-corrected chi connectivity index (χ2v) is 10.9. The number of halogens is 5. The van der Waals surface area contributed by atoms with Crippen molar-refractivity contribution >= 4 is 56.7 Å². The van der Waals surface area contributed by atoms with Gasteiger partial charge in [0.15, 0.2) is 4.90 Å². The van der Waals surface area contributed by atoms with Crippen LogP contribution in [0.4, 0.5) is 8.78 Å². The molecule has 0 aromatic heterocycles. The Morgan fingerprint density at radius 1 is 1.14 bits per heavy atom. The van der Waals surface area contributed by atoms with E-state index in [4.69, 9.17) is 34.8 Å². The van der Waals surface area contributed by atoms with Crippen molar-refractivity contribution in [3.63, 3.8) is 0 Å². The van der Waals surface area contributed by atoms with Crippen LogP contribution < -0.4 is 10.0 Å². The summed E-state index contributed by atoms with van der Waals surface area (Å²) in [6, 6.07) is 5.54. The number of benzene rings is 2. The fourth-order valence-corrected chi connectivity index (χ4v) is 5.37. The number of hydrogen-bond acceptors (Lipinski definition) is 4. The highest BCUT2D eigenvalue weighted by Gasteiger charge is 2.31. The van der Waals surface area contributed by atoms with E-state index in [1.807, 2.05) is 4.72 Å². The van der Waals surface area contributed by atoms with Gasteiger partial charge in [-0.15, -0.1) is 0 Å². The fourth-order valence-electron chi connectivity index (χ4n) is 3.47. The predicted octanol–water partition coefficient (Wildman–Crippen LogP) is 4.78. The predicted molar refractivity (Wildman–Crippen MR) is 131 cm³/mol. The molecule has 1 aliphatic rings. The minimum Gasteiger partial charge on any atom is -0.480 e. The maximum absolute atomic E-state index is 14.1. The quantitative estimate of drug-likeness (QED) is 0.417. The van der Waals surface area contributed by atoms with Gasteiger partial charge in [0.05, 0.1) is 5.70 Å². The molecule has 7 nitrogen and oxygen atoms in total. The molecule has 36 heavy (non-hydrogen) atoms. The Morgan fingerprint density at radius 2 is 1.78 bits per heavy atom. The third-order valence-corrected chi connectivity index (χ3v) is 7.82. The average molecular weight is 580 g/mol. The van der Waals surface area contributed by atoms with Crippen molar-refractivity contribution in [3.05, 3.63) is 86.0 Å². The van der Waals surface area contributed by atoms with Crippen molar-refractivity contribution in [3.8, 4) is 0 Å². The molecule has 2 aromatic carbocycles. The molecule has 0 bridgehead atoms. The molecule has 3 N–H and O–H groups in total. The minimum absolute atomic E-state index is 0.0766. The largest absolute Gasteiger partial charge is 0.480 e. The summed E-state index contributed by atoms with van der Waals surface area (Å²) in [6.45, 7) is 1.66. The molecule has 3 rings (SSSR count). The lowest BCUT2D eigenvalue weighted by Crippen LogP contribution is -2.44. The van der Waals surface area contributed by atoms with Crippen LogP contribution in [0.5, 0.6) is 0 Å². The second-order valence-electron chi connectivity index (χ2n) is 7.99. The van der Waals surface area contributed by atoms with Gasteiger partial charge in [0.1, 0.15) is 17.7 Å². The van der Waals surface area contributed by atoms with Gasteiger partial charge in [-0.3, -0.25) is 9.52 Å². The lowest BCUT2D eigenvalue weighted by Gasteiger charge is -2.24. The van der Waals surface area contributed by atoms with Crippen molar-refractivity contribution in [2.45, 2.75) is 30.7 Å². The molecule has 0 fully saturated rings. The number of carbonyl (C=O) groups excluding carboxylic acids is 1. The van der Waals surface area contributed by atoms with Crippen molar-refractivity contribution in [1.82, 2.24) is 10.0 Å². The standard InChI is InChI=1S/C23H19Cl3F2N2O5S/c1-11-7-14(22(31)29-20(23(32)33)8-12-5-6-13(24)9-16(12)26)19(10-15(11)25)30-36(34,35)21-17(27)3-2-4-18(21)28/h2-6,9-11,20,30H,7-8H2,1H3,(H,29,31)(H,32,33)/t11?,20-/m1/s1. The normalized spacial score (nSPS) is 16.8. The number of sulfonamides is 1. The Bertz CT molecular complexity index is 1380. The van der Waals surface area contributed by atoms with E-state index in [1.165, 1.54) is 18.2 Å². The molecule has 1 aliphatic carbocycles. The number of amides is 1. The molecule has 1 unspecified atom stereocenters. The molecule has 0 radical (unpaired) electrons. The summed E-state index contributed by atoms with van der Waals surface area (Å²) in [5.41, 5.74) is -0.105. The van der Waals surface area contributed by atoms with Crippen LogP contribution in [0, 0.1) is 17.6 Å². The van der Waals surface area contributed by atoms with E-state index in [1.54, 1.807) is 6.92 Å². The monoisotopic (exact) mass is 578 g/mol. The topological polar surface area (TPSA) is 113 Å². The highest BCUT2D eigenvalue weighted by molar-refractivity contribution is 7.89. The van der Waals surface area contributed by atoms with E-state index in [9.17, 15) is 31.9 Å². The van der Waals surface area contributed by atoms with Crippen LogP contribution in [0.2, 0.25) is 10.0 Å². The van der Waals surface area contributed by atoms with Gasteiger partial charge in [0.2, 0.25) is 5.91 Å². The number of aliphatic carboxylic acids is 1. The molecule has 0 spiro atoms. The average Bonchev–Trinajstić information content (AvgIpc) is 2.76. The zero-order valence-corrected chi connectivity index (χ0v) is 21.6. The Labute approximate surface area is 220 Å². The smallest absolute Gasteiger partial charge is 0.326 e. The SMILES string of the molecule is CC1CC(C(=O)N[C@H](Cc2ccc(Cl)cc2Cl)C(=O)O)=C(NS(=O)(=O)c2c(F)cccc2F)C=C1Cl. The maximum atomic E-state index is 14.1. The zero-order chi connectivity index (χ0) is 26.8. The van der Waals surface area contributed by atoms with Crippen LogP contribution in [0.25, 0.3) is 0 Å². The van der Waals surface area contributed by atoms with Crippen molar-refractivity contribution in [2.75, 3.05) is 0 Å². The lowest BCUT2D eigenvalue weighted by atomic mass is 9.92. The maximum Gasteiger partial charge on any atom is 0.326 e. The summed E-state index contributed by atoms with van der Waals surface area (Å²) in [6.07, 6.45) is 0.873. The number of rotatable bonds is 8. The van der Waals surface area contributed by atoms with Gasteiger partial charge in [-0.05, 0) is 48.2 Å². The minimum atomic E-state index is -4.82. The molecule has 1 amide bonds. The van der Waals surface area contributed by atoms with Crippen molar-refractivity contribution < 1.29 is 31.9 Å². The molecular formula is C23H19Cl3F2N2O5S. The Balaban J connectivity index is 1.95. The second kappa shape index (κ2) is 11.2. The fraction of sp³-hybridized carbons (Fsp3) is 0.217. The molecule has 2 aromatic rings. The molecule has 0 saturated heterocycles. The molecule has 2 atom stereocenters. The highest BCUT2D eigenvalue weighted by Crippen LogP contribution is 2.32. The zero-order valence-electron chi connectivity index (χ0n) is 18.5. The Kier molecular flexibility index (Phi) is 8.66. The van der Waals surface area contributed by atoms with Gasteiger partial charge in [-0.1, -0.05) is 53.9 Å². The van der Waals surface area contributed by atoms with Gasteiger partial charge in [-0.25, -0.2) is 22.0 Å². The van der Waals surface area contributed by atoms with Crippen LogP contribution >= 0.6 is 34.8 Å². The molecule has 0 saturated carbocycles. The molecule has 13 heteroatoms. The van der Waals surface area contributed by atoms with E-state index in [-0.39, 0.29) is 34.2 Å². The summed E-state index contributed by atoms with van der Waals surface area (Å²) in [5.74, 6) is -5.37. The summed E-state index contributed by atoms with van der Waals surface area (Å²) in [4.78, 5) is 23.7. The van der Waals surface area contributed by atoms with Gasteiger partial charge >= 0.3 is 5.97 Å². The molecule has 192 valence electrons. The summed E-state index contributed by atoms with van der Waals surface area (Å²) in [7, 11) is -4.82. The van der Waals surface area contributed by atoms with E-state index < -0.39 is 50.4 Å². The Hall–Kier alpha value is -2.66. The van der Waals surface area contributed by atoms with E-state index in [2.05, 4.69) is 5.32 Å². The highest BCUT2D eigenvalue weighted by atomic mass is 35.5. The third kappa shape index (κ3) is 6.36. The molecular weight excluding hydrogens is 561 g/mol. The number of carbonyl (C=O) groups is 2. The first-order valence-electron chi connectivity index (χ1n) is 10.3. The van der Waals surface area contributed by atoms with E-state index >= 15 is 0 Å². The lowest BCUT2D eigenvalue weighted by molar-refractivity contribution is -0.141. The van der Waals surface area contributed by atoms with E-state index in [0.717, 1.165) is 24.3 Å². The summed E-state index contributed by atoms with van der Waals surface area (Å²) < 4.78 is 55.9. The van der Waals surface area contributed by atoms with Crippen molar-refractivity contribution in [2.24, 2.45) is 5.92 Å². The van der Waals surface area contributed by atoms with Gasteiger partial charge in [0, 0.05) is 27.1 Å². The number of allylic oxidation sites excluding steroid dienone is 2. The number of carboxylic acids is 1. The van der Waals surface area contributed by atoms with Crippen LogP contribution in [-0.4, -0.2) is 31.4 Å². The first kappa shape index (κ1) is 27.9. The molecule has 0 heterocycles. The van der Waals surface area contributed by atoms with Gasteiger partial charge in [0.25, 0.3) is 10.0 Å². The third-order valence-electron chi connectivity index (χ3n) is 5.34. The van der Waals surface area contributed by atoms with Crippen LogP contribution in [0.3, 0.4) is 0 Å². The van der Waals surface area contributed by atoms with E-state index in [0.29, 0.717) is 10.6 Å². The van der Waals surface area contributed by atoms with Crippen LogP contribution in [-0.2, 0) is 26.0 Å². The number of hydrogen-bond donors (Lipinski definition) is 3. The first-order valence-corrected chi connectivity index (χ1v) is 13.0. The number of carboxylic acid groups (broad SMARTS) is 1. The first-order chi connectivity index (χ1) is 16.8. The summed E-state index contributed by atoms with van der Waals surface area (Å²) >= 11 is 18.1. The van der Waals surface area contributed by atoms with Crippen LogP contribution in [0.1, 0.15) is 18.9 Å². The van der Waals surface area contributed by atoms with Crippen molar-refractivity contribution in [1.29, 1.82) is 0 Å². The number of nitrogens with one attached hydrogen (secondary N) is 2. The van der Waals surface area contributed by atoms with Crippen LogP contribution in [0.15, 0.2) is 63.7 Å². The summed E-state index contributed by atoms with van der Waals surface area (Å²) in [5, 5.41) is 12.7.